The first-order valence-electron chi connectivity index (χ1n) is 9.16. The molecule has 3 N–H and O–H groups in total. The summed E-state index contributed by atoms with van der Waals surface area (Å²) in [6.07, 6.45) is 1.53. The van der Waals surface area contributed by atoms with E-state index in [2.05, 4.69) is 15.6 Å². The van der Waals surface area contributed by atoms with Gasteiger partial charge in [-0.05, 0) is 18.9 Å². The second-order valence-corrected chi connectivity index (χ2v) is 6.23. The van der Waals surface area contributed by atoms with Crippen LogP contribution in [0.5, 0.6) is 0 Å². The zero-order chi connectivity index (χ0) is 18.8. The average Bonchev–Trinajstić information content (AvgIpc) is 2.65. The molecule has 7 nitrogen and oxygen atoms in total. The normalized spacial score (nSPS) is 15.9. The maximum Gasteiger partial charge on any atom is 0.229 e. The Morgan fingerprint density at radius 1 is 1.19 bits per heavy atom. The molecule has 1 aromatic carbocycles. The van der Waals surface area contributed by atoms with Gasteiger partial charge in [0.1, 0.15) is 0 Å². The maximum atomic E-state index is 11.8. The largest absolute Gasteiger partial charge is 0.396 e. The van der Waals surface area contributed by atoms with Crippen molar-refractivity contribution in [3.05, 3.63) is 35.9 Å². The van der Waals surface area contributed by atoms with Crippen LogP contribution in [0.1, 0.15) is 37.7 Å². The van der Waals surface area contributed by atoms with Gasteiger partial charge in [-0.3, -0.25) is 19.5 Å². The zero-order valence-electron chi connectivity index (χ0n) is 15.7. The lowest BCUT2D eigenvalue weighted by Crippen LogP contribution is -2.46. The predicted octanol–water partition coefficient (Wildman–Crippen LogP) is 1.47. The molecule has 2 rings (SSSR count). The van der Waals surface area contributed by atoms with Crippen molar-refractivity contribution in [1.29, 1.82) is 0 Å². The summed E-state index contributed by atoms with van der Waals surface area (Å²) in [5, 5.41) is 15.9. The number of amides is 2. The minimum atomic E-state index is -0.102. The highest BCUT2D eigenvalue weighted by Crippen LogP contribution is 2.15. The van der Waals surface area contributed by atoms with Crippen molar-refractivity contribution in [3.8, 4) is 0 Å². The van der Waals surface area contributed by atoms with Gasteiger partial charge in [-0.25, -0.2) is 0 Å². The van der Waals surface area contributed by atoms with E-state index < -0.39 is 0 Å². The van der Waals surface area contributed by atoms with E-state index in [1.54, 1.807) is 0 Å². The van der Waals surface area contributed by atoms with Crippen LogP contribution < -0.4 is 10.6 Å². The van der Waals surface area contributed by atoms with Gasteiger partial charge in [0.25, 0.3) is 0 Å². The number of halogens is 1. The number of benzene rings is 1. The summed E-state index contributed by atoms with van der Waals surface area (Å²) in [6, 6.07) is 9.78. The van der Waals surface area contributed by atoms with Crippen LogP contribution in [0, 0.1) is 0 Å². The number of nitrogens with one attached hydrogen (secondary N) is 2. The van der Waals surface area contributed by atoms with E-state index in [-0.39, 0.29) is 48.3 Å². The number of aliphatic hydroxyl groups is 1. The van der Waals surface area contributed by atoms with E-state index in [9.17, 15) is 14.7 Å². The second kappa shape index (κ2) is 12.7. The van der Waals surface area contributed by atoms with Crippen molar-refractivity contribution in [2.45, 2.75) is 32.1 Å². The number of hydrogen-bond acceptors (Lipinski definition) is 4. The fraction of sp³-hybridized carbons (Fsp3) is 0.526. The number of guanidine groups is 1. The third kappa shape index (κ3) is 7.45. The molecule has 0 aromatic heterocycles. The molecule has 1 heterocycles. The number of rotatable bonds is 8. The Balaban J connectivity index is 0.00000364. The highest BCUT2D eigenvalue weighted by molar-refractivity contribution is 14.0. The fourth-order valence-electron chi connectivity index (χ4n) is 2.87. The molecule has 1 aliphatic heterocycles. The standard InChI is InChI=1S/C19H28N4O3.HI/c1-2-20-19(21-11-12-23-17(25)9-6-10-18(23)26)22-13-16(14-24)15-7-4-3-5-8-15;/h3-5,7-8,16,24H,2,6,9-14H2,1H3,(H2,20,21,22);1H. The molecule has 27 heavy (non-hydrogen) atoms. The summed E-state index contributed by atoms with van der Waals surface area (Å²) >= 11 is 0. The molecule has 0 spiro atoms. The van der Waals surface area contributed by atoms with Gasteiger partial charge in [0, 0.05) is 38.4 Å². The van der Waals surface area contributed by atoms with Gasteiger partial charge < -0.3 is 15.7 Å². The van der Waals surface area contributed by atoms with Gasteiger partial charge in [0.15, 0.2) is 5.96 Å². The quantitative estimate of drug-likeness (QED) is 0.223. The van der Waals surface area contributed by atoms with Crippen molar-refractivity contribution >= 4 is 41.8 Å². The van der Waals surface area contributed by atoms with Crippen molar-refractivity contribution in [3.63, 3.8) is 0 Å². The lowest BCUT2D eigenvalue weighted by atomic mass is 10.0. The Bertz CT molecular complexity index is 609. The van der Waals surface area contributed by atoms with E-state index in [1.165, 1.54) is 4.90 Å². The number of likely N-dealkylation sites (tertiary alicyclic amines) is 1. The third-order valence-corrected chi connectivity index (χ3v) is 4.32. The van der Waals surface area contributed by atoms with Crippen LogP contribution in [-0.4, -0.2) is 60.6 Å². The van der Waals surface area contributed by atoms with Crippen molar-refractivity contribution in [2.24, 2.45) is 4.99 Å². The molecule has 1 aromatic rings. The maximum absolute atomic E-state index is 11.8. The Morgan fingerprint density at radius 2 is 1.85 bits per heavy atom. The van der Waals surface area contributed by atoms with Gasteiger partial charge in [-0.15, -0.1) is 24.0 Å². The topological polar surface area (TPSA) is 94.0 Å². The lowest BCUT2D eigenvalue weighted by Gasteiger charge is -2.25. The molecular weight excluding hydrogens is 459 g/mol. The molecule has 2 amide bonds. The summed E-state index contributed by atoms with van der Waals surface area (Å²) < 4.78 is 0. The number of aliphatic imine (C=N–C) groups is 1. The first kappa shape index (κ1) is 23.4. The van der Waals surface area contributed by atoms with Gasteiger partial charge in [0.05, 0.1) is 13.2 Å². The van der Waals surface area contributed by atoms with Crippen LogP contribution >= 0.6 is 24.0 Å². The highest BCUT2D eigenvalue weighted by Gasteiger charge is 2.25. The van der Waals surface area contributed by atoms with Crippen LogP contribution in [0.25, 0.3) is 0 Å². The summed E-state index contributed by atoms with van der Waals surface area (Å²) in [6.45, 7) is 3.90. The highest BCUT2D eigenvalue weighted by atomic mass is 127. The van der Waals surface area contributed by atoms with E-state index in [0.717, 1.165) is 5.56 Å². The number of carbonyl (C=O) groups is 2. The van der Waals surface area contributed by atoms with Crippen LogP contribution in [0.2, 0.25) is 0 Å². The van der Waals surface area contributed by atoms with E-state index in [1.807, 2.05) is 37.3 Å². The van der Waals surface area contributed by atoms with Gasteiger partial charge in [0.2, 0.25) is 11.8 Å². The number of imide groups is 1. The fourth-order valence-corrected chi connectivity index (χ4v) is 2.87. The summed E-state index contributed by atoms with van der Waals surface area (Å²) in [7, 11) is 0. The van der Waals surface area contributed by atoms with E-state index in [4.69, 9.17) is 0 Å². The third-order valence-electron chi connectivity index (χ3n) is 4.32. The predicted molar refractivity (Wildman–Crippen MR) is 116 cm³/mol. The SMILES string of the molecule is CCNC(=NCC(CO)c1ccccc1)NCCN1C(=O)CCCC1=O.I. The van der Waals surface area contributed by atoms with E-state index >= 15 is 0 Å². The molecule has 8 heteroatoms. The molecule has 1 aliphatic rings. The number of piperidine rings is 1. The minimum Gasteiger partial charge on any atom is -0.396 e. The van der Waals surface area contributed by atoms with Crippen LogP contribution in [0.4, 0.5) is 0 Å². The molecule has 1 atom stereocenters. The Morgan fingerprint density at radius 3 is 2.44 bits per heavy atom. The molecule has 150 valence electrons. The summed E-state index contributed by atoms with van der Waals surface area (Å²) in [4.78, 5) is 29.5. The Labute approximate surface area is 177 Å². The van der Waals surface area contributed by atoms with Crippen LogP contribution in [0.15, 0.2) is 35.3 Å². The number of nitrogens with zero attached hydrogens (tertiary/aromatic N) is 2. The van der Waals surface area contributed by atoms with Gasteiger partial charge in [-0.1, -0.05) is 30.3 Å². The van der Waals surface area contributed by atoms with Crippen LogP contribution in [-0.2, 0) is 9.59 Å². The summed E-state index contributed by atoms with van der Waals surface area (Å²) in [5.74, 6) is 0.333. The van der Waals surface area contributed by atoms with Crippen molar-refractivity contribution < 1.29 is 14.7 Å². The summed E-state index contributed by atoms with van der Waals surface area (Å²) in [5.41, 5.74) is 1.04. The molecule has 1 fully saturated rings. The molecule has 0 radical (unpaired) electrons. The first-order valence-corrected chi connectivity index (χ1v) is 9.16. The first-order chi connectivity index (χ1) is 12.7. The Hall–Kier alpha value is -1.68. The number of hydrogen-bond donors (Lipinski definition) is 3. The molecular formula is C19H29IN4O3. The minimum absolute atomic E-state index is 0. The van der Waals surface area contributed by atoms with Gasteiger partial charge in [-0.2, -0.15) is 0 Å². The van der Waals surface area contributed by atoms with Crippen LogP contribution in [0.3, 0.4) is 0 Å². The average molecular weight is 488 g/mol. The molecule has 1 saturated heterocycles. The van der Waals surface area contributed by atoms with Gasteiger partial charge >= 0.3 is 0 Å². The smallest absolute Gasteiger partial charge is 0.229 e. The molecule has 0 bridgehead atoms. The Kier molecular flexibility index (Phi) is 11.0. The number of carbonyl (C=O) groups excluding carboxylic acids is 2. The van der Waals surface area contributed by atoms with E-state index in [0.29, 0.717) is 51.4 Å². The number of aliphatic hydroxyl groups excluding tert-OH is 1. The lowest BCUT2D eigenvalue weighted by molar-refractivity contribution is -0.147. The molecule has 1 unspecified atom stereocenters. The zero-order valence-corrected chi connectivity index (χ0v) is 18.0. The molecule has 0 saturated carbocycles. The van der Waals surface area contributed by atoms with Crippen molar-refractivity contribution in [2.75, 3.05) is 32.8 Å². The molecule has 0 aliphatic carbocycles. The van der Waals surface area contributed by atoms with Crippen molar-refractivity contribution in [1.82, 2.24) is 15.5 Å². The monoisotopic (exact) mass is 488 g/mol. The second-order valence-electron chi connectivity index (χ2n) is 6.23.